The van der Waals surface area contributed by atoms with Crippen molar-refractivity contribution < 1.29 is 23.8 Å². The molecule has 26 heavy (non-hydrogen) atoms. The van der Waals surface area contributed by atoms with E-state index < -0.39 is 11.8 Å². The highest BCUT2D eigenvalue weighted by atomic mass is 16.5. The zero-order valence-electron chi connectivity index (χ0n) is 14.8. The van der Waals surface area contributed by atoms with Gasteiger partial charge in [-0.3, -0.25) is 9.59 Å². The second-order valence-electron chi connectivity index (χ2n) is 5.52. The largest absolute Gasteiger partial charge is 0.501 e. The molecule has 134 valence electrons. The number of carbonyl (C=O) groups is 2. The van der Waals surface area contributed by atoms with Gasteiger partial charge in [0.05, 0.1) is 38.3 Å². The summed E-state index contributed by atoms with van der Waals surface area (Å²) >= 11 is 0. The Morgan fingerprint density at radius 1 is 0.923 bits per heavy atom. The second-order valence-corrected chi connectivity index (χ2v) is 5.52. The molecule has 2 aromatic rings. The third-order valence-electron chi connectivity index (χ3n) is 4.08. The van der Waals surface area contributed by atoms with Crippen molar-refractivity contribution in [1.82, 2.24) is 0 Å². The van der Waals surface area contributed by atoms with E-state index in [0.29, 0.717) is 40.5 Å². The van der Waals surface area contributed by atoms with E-state index >= 15 is 0 Å². The maximum atomic E-state index is 13.0. The van der Waals surface area contributed by atoms with Gasteiger partial charge in [-0.2, -0.15) is 0 Å². The van der Waals surface area contributed by atoms with Crippen LogP contribution in [0.15, 0.2) is 48.7 Å². The van der Waals surface area contributed by atoms with Crippen LogP contribution in [0.4, 0.5) is 5.69 Å². The van der Waals surface area contributed by atoms with Crippen molar-refractivity contribution in [3.05, 3.63) is 59.9 Å². The van der Waals surface area contributed by atoms with Crippen molar-refractivity contribution in [3.63, 3.8) is 0 Å². The van der Waals surface area contributed by atoms with Crippen molar-refractivity contribution in [2.24, 2.45) is 0 Å². The van der Waals surface area contributed by atoms with Crippen LogP contribution in [-0.2, 0) is 9.53 Å². The first-order valence-corrected chi connectivity index (χ1v) is 8.14. The standard InChI is InChI=1S/C20H19NO5/c1-4-26-12-16-14-7-5-6-8-15(14)19(22)21(20(16)23)13-9-10-17(24-2)18(11-13)25-3/h5-12H,4H2,1-3H3. The molecule has 0 aliphatic carbocycles. The van der Waals surface area contributed by atoms with Gasteiger partial charge in [0.25, 0.3) is 11.8 Å². The molecule has 0 aromatic heterocycles. The Morgan fingerprint density at radius 2 is 1.62 bits per heavy atom. The summed E-state index contributed by atoms with van der Waals surface area (Å²) in [7, 11) is 3.02. The zero-order chi connectivity index (χ0) is 18.7. The molecule has 0 bridgehead atoms. The summed E-state index contributed by atoms with van der Waals surface area (Å²) in [5.41, 5.74) is 1.73. The highest BCUT2D eigenvalue weighted by Gasteiger charge is 2.36. The van der Waals surface area contributed by atoms with E-state index in [1.165, 1.54) is 20.5 Å². The van der Waals surface area contributed by atoms with Crippen molar-refractivity contribution in [2.45, 2.75) is 6.92 Å². The lowest BCUT2D eigenvalue weighted by atomic mass is 9.94. The van der Waals surface area contributed by atoms with Gasteiger partial charge < -0.3 is 14.2 Å². The normalized spacial score (nSPS) is 15.0. The van der Waals surface area contributed by atoms with E-state index in [0.717, 1.165) is 4.90 Å². The van der Waals surface area contributed by atoms with E-state index in [9.17, 15) is 9.59 Å². The molecule has 0 fully saturated rings. The predicted octanol–water partition coefficient (Wildman–Crippen LogP) is 3.27. The van der Waals surface area contributed by atoms with Crippen molar-refractivity contribution in [3.8, 4) is 11.5 Å². The third-order valence-corrected chi connectivity index (χ3v) is 4.08. The number of anilines is 1. The molecule has 1 aliphatic rings. The van der Waals surface area contributed by atoms with Crippen LogP contribution in [0.2, 0.25) is 0 Å². The highest BCUT2D eigenvalue weighted by molar-refractivity contribution is 6.40. The van der Waals surface area contributed by atoms with Gasteiger partial charge in [-0.25, -0.2) is 4.90 Å². The van der Waals surface area contributed by atoms with Crippen molar-refractivity contribution >= 4 is 23.1 Å². The maximum Gasteiger partial charge on any atom is 0.269 e. The zero-order valence-corrected chi connectivity index (χ0v) is 14.8. The molecule has 2 amide bonds. The minimum Gasteiger partial charge on any atom is -0.501 e. The monoisotopic (exact) mass is 353 g/mol. The van der Waals surface area contributed by atoms with Crippen molar-refractivity contribution in [2.75, 3.05) is 25.7 Å². The van der Waals surface area contributed by atoms with Crippen LogP contribution in [0.5, 0.6) is 11.5 Å². The van der Waals surface area contributed by atoms with Gasteiger partial charge in [0, 0.05) is 17.2 Å². The lowest BCUT2D eigenvalue weighted by Crippen LogP contribution is -2.41. The molecule has 0 spiro atoms. The molecule has 1 heterocycles. The Kier molecular flexibility index (Phi) is 4.93. The smallest absolute Gasteiger partial charge is 0.269 e. The highest BCUT2D eigenvalue weighted by Crippen LogP contribution is 2.36. The maximum absolute atomic E-state index is 13.0. The number of carbonyl (C=O) groups excluding carboxylic acids is 2. The molecular formula is C20H19NO5. The van der Waals surface area contributed by atoms with Crippen LogP contribution in [0.1, 0.15) is 22.8 Å². The second kappa shape index (κ2) is 7.31. The number of imide groups is 1. The molecule has 6 heteroatoms. The first kappa shape index (κ1) is 17.5. The number of hydrogen-bond acceptors (Lipinski definition) is 5. The van der Waals surface area contributed by atoms with Crippen LogP contribution in [0.25, 0.3) is 5.57 Å². The average molecular weight is 353 g/mol. The molecule has 3 rings (SSSR count). The fraction of sp³-hybridized carbons (Fsp3) is 0.200. The lowest BCUT2D eigenvalue weighted by Gasteiger charge is -2.28. The number of nitrogens with zero attached hydrogens (tertiary/aromatic N) is 1. The molecule has 6 nitrogen and oxygen atoms in total. The van der Waals surface area contributed by atoms with Crippen LogP contribution in [0.3, 0.4) is 0 Å². The van der Waals surface area contributed by atoms with E-state index in [1.54, 1.807) is 42.5 Å². The molecule has 0 radical (unpaired) electrons. The van der Waals surface area contributed by atoms with Crippen LogP contribution < -0.4 is 14.4 Å². The SMILES string of the molecule is CCOC=C1C(=O)N(c2ccc(OC)c(OC)c2)C(=O)c2ccccc21. The molecule has 0 unspecified atom stereocenters. The number of amides is 2. The first-order valence-electron chi connectivity index (χ1n) is 8.14. The number of benzene rings is 2. The Balaban J connectivity index is 2.14. The quantitative estimate of drug-likeness (QED) is 0.469. The number of rotatable bonds is 5. The number of ether oxygens (including phenoxy) is 3. The molecule has 0 atom stereocenters. The van der Waals surface area contributed by atoms with E-state index in [2.05, 4.69) is 0 Å². The van der Waals surface area contributed by atoms with Gasteiger partial charge in [-0.15, -0.1) is 0 Å². The predicted molar refractivity (Wildman–Crippen MR) is 97.4 cm³/mol. The molecule has 0 saturated carbocycles. The van der Waals surface area contributed by atoms with E-state index in [-0.39, 0.29) is 0 Å². The molecule has 0 N–H and O–H groups in total. The average Bonchev–Trinajstić information content (AvgIpc) is 2.68. The summed E-state index contributed by atoms with van der Waals surface area (Å²) in [6, 6.07) is 11.9. The van der Waals surface area contributed by atoms with Gasteiger partial charge in [-0.05, 0) is 25.1 Å². The minimum absolute atomic E-state index is 0.330. The fourth-order valence-corrected chi connectivity index (χ4v) is 2.83. The fourth-order valence-electron chi connectivity index (χ4n) is 2.83. The van der Waals surface area contributed by atoms with Gasteiger partial charge in [0.2, 0.25) is 0 Å². The summed E-state index contributed by atoms with van der Waals surface area (Å²) < 4.78 is 15.8. The molecule has 1 aliphatic heterocycles. The van der Waals surface area contributed by atoms with E-state index in [4.69, 9.17) is 14.2 Å². The van der Waals surface area contributed by atoms with Gasteiger partial charge in [-0.1, -0.05) is 18.2 Å². The third kappa shape index (κ3) is 2.90. The molecule has 2 aromatic carbocycles. The Labute approximate surface area is 151 Å². The number of methoxy groups -OCH3 is 2. The van der Waals surface area contributed by atoms with E-state index in [1.807, 2.05) is 6.92 Å². The topological polar surface area (TPSA) is 65.1 Å². The molecular weight excluding hydrogens is 334 g/mol. The summed E-state index contributed by atoms with van der Waals surface area (Å²) in [6.45, 7) is 2.25. The van der Waals surface area contributed by atoms with Crippen molar-refractivity contribution in [1.29, 1.82) is 0 Å². The summed E-state index contributed by atoms with van der Waals surface area (Å²) in [5.74, 6) is 0.0966. The summed E-state index contributed by atoms with van der Waals surface area (Å²) in [6.07, 6.45) is 1.40. The first-order chi connectivity index (χ1) is 12.6. The van der Waals surface area contributed by atoms with Gasteiger partial charge in [0.15, 0.2) is 11.5 Å². The lowest BCUT2D eigenvalue weighted by molar-refractivity contribution is -0.113. The number of hydrogen-bond donors (Lipinski definition) is 0. The Bertz CT molecular complexity index is 888. The van der Waals surface area contributed by atoms with Crippen LogP contribution in [0, 0.1) is 0 Å². The van der Waals surface area contributed by atoms with Gasteiger partial charge >= 0.3 is 0 Å². The van der Waals surface area contributed by atoms with Gasteiger partial charge in [0.1, 0.15) is 0 Å². The minimum atomic E-state index is -0.450. The Morgan fingerprint density at radius 3 is 2.27 bits per heavy atom. The van der Waals surface area contributed by atoms with Crippen LogP contribution in [-0.4, -0.2) is 32.6 Å². The molecule has 0 saturated heterocycles. The number of fused-ring (bicyclic) bond motifs is 1. The van der Waals surface area contributed by atoms with Crippen LogP contribution >= 0.6 is 0 Å². The summed E-state index contributed by atoms with van der Waals surface area (Å²) in [4.78, 5) is 27.1. The Hall–Kier alpha value is -3.28. The summed E-state index contributed by atoms with van der Waals surface area (Å²) in [5, 5.41) is 0.